The summed E-state index contributed by atoms with van der Waals surface area (Å²) < 4.78 is 31.2. The van der Waals surface area contributed by atoms with Crippen molar-refractivity contribution in [2.24, 2.45) is 0 Å². The molecule has 0 aliphatic heterocycles. The minimum atomic E-state index is -3.56. The van der Waals surface area contributed by atoms with Gasteiger partial charge in [0.15, 0.2) is 0 Å². The lowest BCUT2D eigenvalue weighted by atomic mass is 10.2. The molecule has 0 atom stereocenters. The zero-order chi connectivity index (χ0) is 18.4. The van der Waals surface area contributed by atoms with Crippen molar-refractivity contribution < 1.29 is 17.9 Å². The number of carbonyl (C=O) groups is 1. The summed E-state index contributed by atoms with van der Waals surface area (Å²) >= 11 is 2.13. The number of nitrogens with one attached hydrogen (secondary N) is 1. The van der Waals surface area contributed by atoms with Gasteiger partial charge < -0.3 is 10.1 Å². The molecule has 0 aromatic heterocycles. The standard InChI is InChI=1S/C17H19IN2O4S/c1-24-16-9-3-13(4-10-16)11-19-17(21)12-20(25(2,22)23)15-7-5-14(18)6-8-15/h3-10H,11-12H2,1-2H3,(H,19,21). The second kappa shape index (κ2) is 8.52. The lowest BCUT2D eigenvalue weighted by Crippen LogP contribution is -2.40. The zero-order valence-electron chi connectivity index (χ0n) is 13.9. The Balaban J connectivity index is 2.03. The summed E-state index contributed by atoms with van der Waals surface area (Å²) in [5.41, 5.74) is 1.36. The fourth-order valence-electron chi connectivity index (χ4n) is 2.14. The first-order chi connectivity index (χ1) is 11.8. The van der Waals surface area contributed by atoms with E-state index < -0.39 is 10.0 Å². The van der Waals surface area contributed by atoms with Crippen LogP contribution < -0.4 is 14.4 Å². The number of amides is 1. The van der Waals surface area contributed by atoms with E-state index in [4.69, 9.17) is 4.74 Å². The molecule has 2 aromatic carbocycles. The van der Waals surface area contributed by atoms with Crippen LogP contribution in [0.25, 0.3) is 0 Å². The number of hydrogen-bond acceptors (Lipinski definition) is 4. The molecule has 6 nitrogen and oxygen atoms in total. The monoisotopic (exact) mass is 474 g/mol. The number of anilines is 1. The molecule has 0 saturated heterocycles. The van der Waals surface area contributed by atoms with Crippen molar-refractivity contribution in [3.05, 3.63) is 57.7 Å². The lowest BCUT2D eigenvalue weighted by Gasteiger charge is -2.22. The van der Waals surface area contributed by atoms with Crippen molar-refractivity contribution in [2.75, 3.05) is 24.2 Å². The minimum Gasteiger partial charge on any atom is -0.497 e. The van der Waals surface area contributed by atoms with Crippen LogP contribution in [0, 0.1) is 3.57 Å². The van der Waals surface area contributed by atoms with E-state index in [-0.39, 0.29) is 12.5 Å². The van der Waals surface area contributed by atoms with E-state index in [9.17, 15) is 13.2 Å². The molecule has 0 radical (unpaired) electrons. The Morgan fingerprint density at radius 2 is 1.72 bits per heavy atom. The van der Waals surface area contributed by atoms with Crippen LogP contribution in [0.2, 0.25) is 0 Å². The summed E-state index contributed by atoms with van der Waals surface area (Å²) in [6, 6.07) is 14.2. The average molecular weight is 474 g/mol. The fraction of sp³-hybridized carbons (Fsp3) is 0.235. The molecule has 0 spiro atoms. The van der Waals surface area contributed by atoms with Gasteiger partial charge in [0.05, 0.1) is 19.1 Å². The average Bonchev–Trinajstić information content (AvgIpc) is 2.58. The Morgan fingerprint density at radius 1 is 1.12 bits per heavy atom. The van der Waals surface area contributed by atoms with Crippen molar-refractivity contribution in [3.8, 4) is 5.75 Å². The summed E-state index contributed by atoms with van der Waals surface area (Å²) in [5, 5.41) is 2.73. The van der Waals surface area contributed by atoms with Gasteiger partial charge in [-0.05, 0) is 64.6 Å². The molecule has 0 heterocycles. The number of nitrogens with zero attached hydrogens (tertiary/aromatic N) is 1. The molecule has 0 fully saturated rings. The van der Waals surface area contributed by atoms with Crippen LogP contribution in [0.5, 0.6) is 5.75 Å². The third-order valence-electron chi connectivity index (χ3n) is 3.45. The number of rotatable bonds is 7. The van der Waals surface area contributed by atoms with Crippen LogP contribution in [0.15, 0.2) is 48.5 Å². The molecule has 2 aromatic rings. The van der Waals surface area contributed by atoms with E-state index in [1.807, 2.05) is 12.1 Å². The van der Waals surface area contributed by atoms with E-state index in [1.54, 1.807) is 43.5 Å². The smallest absolute Gasteiger partial charge is 0.241 e. The molecule has 8 heteroatoms. The molecule has 0 saturated carbocycles. The number of methoxy groups -OCH3 is 1. The maximum absolute atomic E-state index is 12.2. The lowest BCUT2D eigenvalue weighted by molar-refractivity contribution is -0.119. The van der Waals surface area contributed by atoms with Crippen molar-refractivity contribution in [1.82, 2.24) is 5.32 Å². The highest BCUT2D eigenvalue weighted by atomic mass is 127. The normalized spacial score (nSPS) is 11.0. The Labute approximate surface area is 161 Å². The Kier molecular flexibility index (Phi) is 6.65. The summed E-state index contributed by atoms with van der Waals surface area (Å²) in [5.74, 6) is 0.358. The topological polar surface area (TPSA) is 75.7 Å². The maximum Gasteiger partial charge on any atom is 0.241 e. The summed E-state index contributed by atoms with van der Waals surface area (Å²) in [7, 11) is -1.98. The van der Waals surface area contributed by atoms with Crippen molar-refractivity contribution in [2.45, 2.75) is 6.54 Å². The van der Waals surface area contributed by atoms with Gasteiger partial charge in [-0.3, -0.25) is 9.10 Å². The van der Waals surface area contributed by atoms with Crippen LogP contribution in [-0.2, 0) is 21.4 Å². The van der Waals surface area contributed by atoms with E-state index >= 15 is 0 Å². The molecular weight excluding hydrogens is 455 g/mol. The highest BCUT2D eigenvalue weighted by Crippen LogP contribution is 2.19. The Bertz CT molecular complexity index is 821. The first-order valence-electron chi connectivity index (χ1n) is 7.42. The maximum atomic E-state index is 12.2. The van der Waals surface area contributed by atoms with Crippen LogP contribution >= 0.6 is 22.6 Å². The molecule has 0 unspecified atom stereocenters. The number of ether oxygens (including phenoxy) is 1. The molecule has 0 bridgehead atoms. The molecule has 1 amide bonds. The minimum absolute atomic E-state index is 0.268. The SMILES string of the molecule is COc1ccc(CNC(=O)CN(c2ccc(I)cc2)S(C)(=O)=O)cc1. The molecule has 25 heavy (non-hydrogen) atoms. The molecule has 0 aliphatic rings. The van der Waals surface area contributed by atoms with Crippen molar-refractivity contribution >= 4 is 44.2 Å². The number of halogens is 1. The predicted octanol–water partition coefficient (Wildman–Crippen LogP) is 2.38. The quantitative estimate of drug-likeness (QED) is 0.626. The van der Waals surface area contributed by atoms with Gasteiger partial charge in [-0.15, -0.1) is 0 Å². The predicted molar refractivity (Wildman–Crippen MR) is 106 cm³/mol. The van der Waals surface area contributed by atoms with Crippen molar-refractivity contribution in [3.63, 3.8) is 0 Å². The first kappa shape index (κ1) is 19.5. The number of hydrogen-bond donors (Lipinski definition) is 1. The van der Waals surface area contributed by atoms with Gasteiger partial charge in [0.2, 0.25) is 15.9 Å². The van der Waals surface area contributed by atoms with E-state index in [0.717, 1.165) is 25.4 Å². The number of carbonyl (C=O) groups excluding carboxylic acids is 1. The van der Waals surface area contributed by atoms with Gasteiger partial charge in [-0.2, -0.15) is 0 Å². The molecule has 134 valence electrons. The number of sulfonamides is 1. The van der Waals surface area contributed by atoms with Gasteiger partial charge in [-0.1, -0.05) is 12.1 Å². The Morgan fingerprint density at radius 3 is 2.24 bits per heavy atom. The molecule has 0 aliphatic carbocycles. The van der Waals surface area contributed by atoms with Crippen LogP contribution in [0.1, 0.15) is 5.56 Å². The zero-order valence-corrected chi connectivity index (χ0v) is 16.9. The van der Waals surface area contributed by atoms with Gasteiger partial charge in [0.1, 0.15) is 12.3 Å². The highest BCUT2D eigenvalue weighted by molar-refractivity contribution is 14.1. The summed E-state index contributed by atoms with van der Waals surface area (Å²) in [6.45, 7) is 0.0443. The fourth-order valence-corrected chi connectivity index (χ4v) is 3.35. The largest absolute Gasteiger partial charge is 0.497 e. The number of benzene rings is 2. The molecule has 2 rings (SSSR count). The van der Waals surface area contributed by atoms with Gasteiger partial charge >= 0.3 is 0 Å². The highest BCUT2D eigenvalue weighted by Gasteiger charge is 2.20. The van der Waals surface area contributed by atoms with Crippen molar-refractivity contribution in [1.29, 1.82) is 0 Å². The van der Waals surface area contributed by atoms with E-state index in [2.05, 4.69) is 27.9 Å². The van der Waals surface area contributed by atoms with Gasteiger partial charge in [0, 0.05) is 10.1 Å². The second-order valence-corrected chi connectivity index (χ2v) is 8.52. The molecular formula is C17H19IN2O4S. The van der Waals surface area contributed by atoms with Crippen LogP contribution in [-0.4, -0.2) is 34.2 Å². The van der Waals surface area contributed by atoms with Gasteiger partial charge in [0.25, 0.3) is 0 Å². The third-order valence-corrected chi connectivity index (χ3v) is 5.31. The van der Waals surface area contributed by atoms with E-state index in [1.165, 1.54) is 0 Å². The molecule has 1 N–H and O–H groups in total. The first-order valence-corrected chi connectivity index (χ1v) is 10.3. The Hall–Kier alpha value is -1.81. The summed E-state index contributed by atoms with van der Waals surface area (Å²) in [4.78, 5) is 12.2. The van der Waals surface area contributed by atoms with E-state index in [0.29, 0.717) is 12.2 Å². The van der Waals surface area contributed by atoms with Gasteiger partial charge in [-0.25, -0.2) is 8.42 Å². The summed E-state index contributed by atoms with van der Waals surface area (Å²) in [6.07, 6.45) is 1.09. The van der Waals surface area contributed by atoms with Crippen LogP contribution in [0.3, 0.4) is 0 Å². The third kappa shape index (κ3) is 5.89. The second-order valence-electron chi connectivity index (χ2n) is 5.37. The van der Waals surface area contributed by atoms with Crippen LogP contribution in [0.4, 0.5) is 5.69 Å².